The van der Waals surface area contributed by atoms with Crippen LogP contribution in [0.5, 0.6) is 0 Å². The van der Waals surface area contributed by atoms with Crippen molar-refractivity contribution in [2.75, 3.05) is 13.2 Å². The second kappa shape index (κ2) is 8.59. The van der Waals surface area contributed by atoms with Crippen molar-refractivity contribution in [3.63, 3.8) is 0 Å². The van der Waals surface area contributed by atoms with E-state index in [4.69, 9.17) is 9.47 Å². The summed E-state index contributed by atoms with van der Waals surface area (Å²) < 4.78 is 13.1. The van der Waals surface area contributed by atoms with Gasteiger partial charge in [0.15, 0.2) is 6.61 Å². The highest BCUT2D eigenvalue weighted by Gasteiger charge is 2.22. The molecule has 3 heterocycles. The minimum absolute atomic E-state index is 0.189. The van der Waals surface area contributed by atoms with Crippen molar-refractivity contribution in [2.45, 2.75) is 53.2 Å². The number of fused-ring (bicyclic) bond motifs is 1. The maximum Gasteiger partial charge on any atom is 0.338 e. The van der Waals surface area contributed by atoms with Crippen LogP contribution in [0.1, 0.15) is 56.3 Å². The number of esters is 1. The molecule has 0 saturated carbocycles. The number of aryl methyl sites for hydroxylation is 3. The standard InChI is InChI=1S/C24H27N3O4/c1-14-10-20(17(4)27(14)12-19-6-5-9-30-19)23(28)13-31-24(29)18-7-8-21-22(11-18)26-16(3)15(2)25-21/h7-8,10-11,19H,5-6,9,12-13H2,1-4H3/t19-/m1/s1. The quantitative estimate of drug-likeness (QED) is 0.444. The van der Waals surface area contributed by atoms with Gasteiger partial charge in [0.2, 0.25) is 5.78 Å². The van der Waals surface area contributed by atoms with Crippen LogP contribution in [0.3, 0.4) is 0 Å². The van der Waals surface area contributed by atoms with Crippen LogP contribution in [0, 0.1) is 27.7 Å². The Hall–Kier alpha value is -3.06. The lowest BCUT2D eigenvalue weighted by Gasteiger charge is -2.14. The summed E-state index contributed by atoms with van der Waals surface area (Å²) in [6.07, 6.45) is 2.30. The highest BCUT2D eigenvalue weighted by Crippen LogP contribution is 2.21. The smallest absolute Gasteiger partial charge is 0.338 e. The first-order valence-corrected chi connectivity index (χ1v) is 10.6. The molecule has 0 N–H and O–H groups in total. The SMILES string of the molecule is Cc1nc2ccc(C(=O)OCC(=O)c3cc(C)n(C[C@H]4CCCO4)c3C)cc2nc1C. The zero-order valence-electron chi connectivity index (χ0n) is 18.4. The summed E-state index contributed by atoms with van der Waals surface area (Å²) >= 11 is 0. The average molecular weight is 421 g/mol. The molecule has 2 aromatic heterocycles. The van der Waals surface area contributed by atoms with Crippen LogP contribution in [-0.4, -0.2) is 45.6 Å². The second-order valence-electron chi connectivity index (χ2n) is 8.13. The molecule has 1 aliphatic heterocycles. The predicted molar refractivity (Wildman–Crippen MR) is 117 cm³/mol. The summed E-state index contributed by atoms with van der Waals surface area (Å²) in [4.78, 5) is 34.2. The number of carbonyl (C=O) groups excluding carboxylic acids is 2. The molecule has 0 spiro atoms. The van der Waals surface area contributed by atoms with Crippen LogP contribution < -0.4 is 0 Å². The number of hydrogen-bond acceptors (Lipinski definition) is 6. The fourth-order valence-electron chi connectivity index (χ4n) is 4.01. The lowest BCUT2D eigenvalue weighted by Crippen LogP contribution is -2.18. The summed E-state index contributed by atoms with van der Waals surface area (Å²) in [5.41, 5.74) is 5.82. The third-order valence-electron chi connectivity index (χ3n) is 5.93. The molecule has 1 aromatic carbocycles. The molecule has 7 heteroatoms. The van der Waals surface area contributed by atoms with Gasteiger partial charge in [0.25, 0.3) is 0 Å². The molecular formula is C24H27N3O4. The van der Waals surface area contributed by atoms with Gasteiger partial charge in [-0.2, -0.15) is 0 Å². The van der Waals surface area contributed by atoms with E-state index in [1.807, 2.05) is 33.8 Å². The van der Waals surface area contributed by atoms with E-state index >= 15 is 0 Å². The normalized spacial score (nSPS) is 16.1. The molecule has 0 unspecified atom stereocenters. The molecule has 4 rings (SSSR count). The Morgan fingerprint density at radius 1 is 1.10 bits per heavy atom. The van der Waals surface area contributed by atoms with Crippen molar-refractivity contribution in [2.24, 2.45) is 0 Å². The molecule has 1 saturated heterocycles. The van der Waals surface area contributed by atoms with E-state index in [0.717, 1.165) is 54.3 Å². The van der Waals surface area contributed by atoms with E-state index in [1.165, 1.54) is 0 Å². The predicted octanol–water partition coefficient (Wildman–Crippen LogP) is 3.88. The number of Topliss-reactive ketones (excluding diaryl/α,β-unsaturated/α-hetero) is 1. The Labute approximate surface area is 181 Å². The summed E-state index contributed by atoms with van der Waals surface area (Å²) in [5, 5.41) is 0. The number of nitrogens with zero attached hydrogens (tertiary/aromatic N) is 3. The lowest BCUT2D eigenvalue weighted by atomic mass is 10.1. The van der Waals surface area contributed by atoms with Gasteiger partial charge in [-0.25, -0.2) is 14.8 Å². The molecule has 31 heavy (non-hydrogen) atoms. The number of rotatable bonds is 6. The molecule has 1 fully saturated rings. The molecular weight excluding hydrogens is 394 g/mol. The van der Waals surface area contributed by atoms with Crippen LogP contribution in [0.25, 0.3) is 11.0 Å². The summed E-state index contributed by atoms with van der Waals surface area (Å²) in [7, 11) is 0. The molecule has 0 radical (unpaired) electrons. The fourth-order valence-corrected chi connectivity index (χ4v) is 4.01. The molecule has 0 amide bonds. The topological polar surface area (TPSA) is 83.3 Å². The number of carbonyl (C=O) groups is 2. The zero-order chi connectivity index (χ0) is 22.1. The fraction of sp³-hybridized carbons (Fsp3) is 0.417. The molecule has 0 aliphatic carbocycles. The minimum Gasteiger partial charge on any atom is -0.454 e. The van der Waals surface area contributed by atoms with Gasteiger partial charge in [0, 0.05) is 30.1 Å². The van der Waals surface area contributed by atoms with Gasteiger partial charge >= 0.3 is 5.97 Å². The van der Waals surface area contributed by atoms with E-state index in [1.54, 1.807) is 18.2 Å². The molecule has 3 aromatic rings. The number of hydrogen-bond donors (Lipinski definition) is 0. The van der Waals surface area contributed by atoms with Crippen molar-refractivity contribution in [1.29, 1.82) is 0 Å². The van der Waals surface area contributed by atoms with Crippen molar-refractivity contribution in [3.8, 4) is 0 Å². The maximum absolute atomic E-state index is 12.8. The number of aromatic nitrogens is 3. The van der Waals surface area contributed by atoms with E-state index in [0.29, 0.717) is 16.6 Å². The highest BCUT2D eigenvalue weighted by molar-refractivity contribution is 6.01. The first kappa shape index (κ1) is 21.2. The molecule has 1 atom stereocenters. The van der Waals surface area contributed by atoms with Crippen molar-refractivity contribution >= 4 is 22.8 Å². The molecule has 0 bridgehead atoms. The lowest BCUT2D eigenvalue weighted by molar-refractivity contribution is 0.0474. The Kier molecular flexibility index (Phi) is 5.87. The number of ether oxygens (including phenoxy) is 2. The number of benzene rings is 1. The first-order valence-electron chi connectivity index (χ1n) is 10.6. The van der Waals surface area contributed by atoms with Crippen molar-refractivity contribution < 1.29 is 19.1 Å². The van der Waals surface area contributed by atoms with E-state index < -0.39 is 5.97 Å². The summed E-state index contributed by atoms with van der Waals surface area (Å²) in [6, 6.07) is 6.89. The van der Waals surface area contributed by atoms with Crippen molar-refractivity contribution in [3.05, 3.63) is 58.2 Å². The van der Waals surface area contributed by atoms with Crippen LogP contribution in [0.4, 0.5) is 0 Å². The second-order valence-corrected chi connectivity index (χ2v) is 8.13. The third-order valence-corrected chi connectivity index (χ3v) is 5.93. The molecule has 162 valence electrons. The minimum atomic E-state index is -0.552. The molecule has 7 nitrogen and oxygen atoms in total. The van der Waals surface area contributed by atoms with Gasteiger partial charge in [-0.15, -0.1) is 0 Å². The van der Waals surface area contributed by atoms with Crippen LogP contribution in [-0.2, 0) is 16.0 Å². The Bertz CT molecular complexity index is 1160. The largest absolute Gasteiger partial charge is 0.454 e. The third kappa shape index (κ3) is 4.37. The van der Waals surface area contributed by atoms with Crippen molar-refractivity contribution in [1.82, 2.24) is 14.5 Å². The van der Waals surface area contributed by atoms with Gasteiger partial charge in [-0.3, -0.25) is 4.79 Å². The Morgan fingerprint density at radius 3 is 2.55 bits per heavy atom. The van der Waals surface area contributed by atoms with Crippen LogP contribution in [0.2, 0.25) is 0 Å². The first-order chi connectivity index (χ1) is 14.8. The Morgan fingerprint density at radius 2 is 1.84 bits per heavy atom. The summed E-state index contributed by atoms with van der Waals surface area (Å²) in [5.74, 6) is -0.768. The highest BCUT2D eigenvalue weighted by atomic mass is 16.5. The van der Waals surface area contributed by atoms with Gasteiger partial charge < -0.3 is 14.0 Å². The average Bonchev–Trinajstić information content (AvgIpc) is 3.36. The van der Waals surface area contributed by atoms with Gasteiger partial charge in [-0.05, 0) is 64.8 Å². The van der Waals surface area contributed by atoms with Gasteiger partial charge in [0.05, 0.1) is 34.1 Å². The van der Waals surface area contributed by atoms with Gasteiger partial charge in [0.1, 0.15) is 0 Å². The molecule has 1 aliphatic rings. The maximum atomic E-state index is 12.8. The zero-order valence-corrected chi connectivity index (χ0v) is 18.4. The van der Waals surface area contributed by atoms with Gasteiger partial charge in [-0.1, -0.05) is 0 Å². The van der Waals surface area contributed by atoms with Crippen LogP contribution in [0.15, 0.2) is 24.3 Å². The van der Waals surface area contributed by atoms with E-state index in [-0.39, 0.29) is 18.5 Å². The Balaban J connectivity index is 1.44. The van der Waals surface area contributed by atoms with E-state index in [2.05, 4.69) is 14.5 Å². The summed E-state index contributed by atoms with van der Waals surface area (Å²) in [6.45, 7) is 8.90. The van der Waals surface area contributed by atoms with E-state index in [9.17, 15) is 9.59 Å². The monoisotopic (exact) mass is 421 g/mol. The number of ketones is 1. The van der Waals surface area contributed by atoms with Crippen LogP contribution >= 0.6 is 0 Å².